The van der Waals surface area contributed by atoms with Crippen molar-refractivity contribution in [3.05, 3.63) is 77.6 Å². The second-order valence-corrected chi connectivity index (χ2v) is 9.77. The summed E-state index contributed by atoms with van der Waals surface area (Å²) in [6.07, 6.45) is 5.78. The lowest BCUT2D eigenvalue weighted by molar-refractivity contribution is 0.102. The molecule has 2 atom stereocenters. The monoisotopic (exact) mass is 487 g/mol. The molecule has 2 aromatic heterocycles. The average Bonchev–Trinajstić information content (AvgIpc) is 3.54. The van der Waals surface area contributed by atoms with Crippen molar-refractivity contribution in [1.29, 1.82) is 0 Å². The van der Waals surface area contributed by atoms with Crippen molar-refractivity contribution in [2.24, 2.45) is 5.73 Å². The Labute approximate surface area is 208 Å². The number of benzene rings is 2. The van der Waals surface area contributed by atoms with Crippen LogP contribution in [0, 0.1) is 0 Å². The number of nitrogens with one attached hydrogen (secondary N) is 1. The first kappa shape index (κ1) is 23.1. The number of rotatable bonds is 6. The molecule has 180 valence electrons. The summed E-state index contributed by atoms with van der Waals surface area (Å²) in [6.45, 7) is 3.75. The molecule has 5 N–H and O–H groups in total. The van der Waals surface area contributed by atoms with Crippen LogP contribution in [0.5, 0.6) is 0 Å². The normalized spacial score (nSPS) is 16.7. The van der Waals surface area contributed by atoms with Gasteiger partial charge in [-0.2, -0.15) is 5.10 Å². The van der Waals surface area contributed by atoms with E-state index in [9.17, 15) is 4.79 Å². The van der Waals surface area contributed by atoms with Crippen molar-refractivity contribution in [2.45, 2.75) is 31.8 Å². The minimum absolute atomic E-state index is 0.0950. The van der Waals surface area contributed by atoms with Crippen LogP contribution in [0.4, 0.5) is 17.1 Å². The molecule has 1 aliphatic rings. The number of carbonyl (C=O) groups is 1. The van der Waals surface area contributed by atoms with Crippen molar-refractivity contribution in [2.75, 3.05) is 29.0 Å². The highest BCUT2D eigenvalue weighted by Crippen LogP contribution is 2.31. The summed E-state index contributed by atoms with van der Waals surface area (Å²) in [5.41, 5.74) is 16.8. The molecule has 0 bridgehead atoms. The molecule has 1 fully saturated rings. The summed E-state index contributed by atoms with van der Waals surface area (Å²) in [4.78, 5) is 19.9. The second-order valence-electron chi connectivity index (χ2n) is 8.91. The van der Waals surface area contributed by atoms with E-state index in [1.165, 1.54) is 16.9 Å². The predicted octanol–water partition coefficient (Wildman–Crippen LogP) is 4.38. The Balaban J connectivity index is 1.33. The van der Waals surface area contributed by atoms with Gasteiger partial charge >= 0.3 is 0 Å². The van der Waals surface area contributed by atoms with Crippen LogP contribution in [0.15, 0.2) is 66.3 Å². The van der Waals surface area contributed by atoms with Crippen LogP contribution in [0.1, 0.15) is 41.9 Å². The number of piperidine rings is 1. The number of carbonyl (C=O) groups excluding carboxylic acids is 1. The Kier molecular flexibility index (Phi) is 6.52. The number of nitrogen functional groups attached to an aromatic ring is 1. The van der Waals surface area contributed by atoms with E-state index in [1.54, 1.807) is 17.6 Å². The largest absolute Gasteiger partial charge is 0.399 e. The van der Waals surface area contributed by atoms with Gasteiger partial charge in [-0.3, -0.25) is 9.48 Å². The van der Waals surface area contributed by atoms with Gasteiger partial charge in [-0.15, -0.1) is 11.3 Å². The molecule has 0 radical (unpaired) electrons. The maximum absolute atomic E-state index is 13.1. The second kappa shape index (κ2) is 9.89. The van der Waals surface area contributed by atoms with Crippen molar-refractivity contribution >= 4 is 34.3 Å². The Morgan fingerprint density at radius 2 is 2.06 bits per heavy atom. The van der Waals surface area contributed by atoms with Gasteiger partial charge in [-0.1, -0.05) is 30.3 Å². The molecule has 1 amide bonds. The van der Waals surface area contributed by atoms with Gasteiger partial charge in [-0.25, -0.2) is 4.98 Å². The molecular formula is C26H29N7OS. The van der Waals surface area contributed by atoms with E-state index in [1.807, 2.05) is 41.2 Å². The van der Waals surface area contributed by atoms with Crippen LogP contribution < -0.4 is 21.7 Å². The average molecular weight is 488 g/mol. The van der Waals surface area contributed by atoms with Gasteiger partial charge in [0.05, 0.1) is 23.6 Å². The lowest BCUT2D eigenvalue weighted by Crippen LogP contribution is -2.43. The van der Waals surface area contributed by atoms with Crippen LogP contribution in [0.3, 0.4) is 0 Å². The fraction of sp³-hybridized carbons (Fsp3) is 0.269. The Morgan fingerprint density at radius 3 is 2.86 bits per heavy atom. The Hall–Kier alpha value is -3.69. The van der Waals surface area contributed by atoms with Gasteiger partial charge in [0.15, 0.2) is 0 Å². The lowest BCUT2D eigenvalue weighted by atomic mass is 10.1. The summed E-state index contributed by atoms with van der Waals surface area (Å²) in [5.74, 6) is -0.272. The van der Waals surface area contributed by atoms with Crippen LogP contribution in [-0.4, -0.2) is 39.8 Å². The van der Waals surface area contributed by atoms with Gasteiger partial charge in [0.2, 0.25) is 0 Å². The van der Waals surface area contributed by atoms with Gasteiger partial charge in [0.1, 0.15) is 10.7 Å². The van der Waals surface area contributed by atoms with Crippen molar-refractivity contribution < 1.29 is 4.79 Å². The van der Waals surface area contributed by atoms with Crippen LogP contribution >= 0.6 is 11.3 Å². The zero-order valence-corrected chi connectivity index (χ0v) is 20.4. The molecule has 1 aliphatic heterocycles. The molecule has 3 heterocycles. The Morgan fingerprint density at radius 1 is 1.23 bits per heavy atom. The van der Waals surface area contributed by atoms with E-state index in [0.29, 0.717) is 17.1 Å². The fourth-order valence-corrected chi connectivity index (χ4v) is 5.18. The first-order valence-electron chi connectivity index (χ1n) is 11.7. The summed E-state index contributed by atoms with van der Waals surface area (Å²) >= 11 is 1.42. The fourth-order valence-electron chi connectivity index (χ4n) is 4.40. The standard InChI is InChI=1S/C26H29N7OS/c1-17(18-6-3-2-4-7-18)33-14-19(13-29-33)26-31-23(16-35-26)25(34)30-22-12-20(27)9-10-24(22)32-11-5-8-21(28)15-32/h2-4,6-7,9-10,12-14,16-17,21H,5,8,11,15,27-28H2,1H3,(H,30,34)/t17?,21-/m1/s1. The first-order chi connectivity index (χ1) is 17.0. The molecule has 0 spiro atoms. The van der Waals surface area contributed by atoms with Gasteiger partial charge in [0, 0.05) is 42.0 Å². The highest BCUT2D eigenvalue weighted by molar-refractivity contribution is 7.13. The molecule has 9 heteroatoms. The Bertz CT molecular complexity index is 1320. The number of nitrogens with zero attached hydrogens (tertiary/aromatic N) is 4. The highest BCUT2D eigenvalue weighted by Gasteiger charge is 2.21. The van der Waals surface area contributed by atoms with E-state index in [4.69, 9.17) is 11.5 Å². The molecule has 1 saturated heterocycles. The minimum atomic E-state index is -0.272. The molecule has 35 heavy (non-hydrogen) atoms. The maximum atomic E-state index is 13.1. The third kappa shape index (κ3) is 5.06. The van der Waals surface area contributed by atoms with E-state index in [-0.39, 0.29) is 18.0 Å². The highest BCUT2D eigenvalue weighted by atomic mass is 32.1. The first-order valence-corrected chi connectivity index (χ1v) is 12.6. The molecule has 1 unspecified atom stereocenters. The summed E-state index contributed by atoms with van der Waals surface area (Å²) in [7, 11) is 0. The van der Waals surface area contributed by atoms with Crippen molar-refractivity contribution in [3.8, 4) is 10.6 Å². The maximum Gasteiger partial charge on any atom is 0.275 e. The third-order valence-corrected chi connectivity index (χ3v) is 7.22. The number of nitrogens with two attached hydrogens (primary N) is 2. The smallest absolute Gasteiger partial charge is 0.275 e. The van der Waals surface area contributed by atoms with E-state index < -0.39 is 0 Å². The van der Waals surface area contributed by atoms with Gasteiger partial charge in [0.25, 0.3) is 5.91 Å². The van der Waals surface area contributed by atoms with E-state index >= 15 is 0 Å². The summed E-state index contributed by atoms with van der Waals surface area (Å²) < 4.78 is 1.91. The number of hydrogen-bond donors (Lipinski definition) is 3. The van der Waals surface area contributed by atoms with Crippen molar-refractivity contribution in [3.63, 3.8) is 0 Å². The van der Waals surface area contributed by atoms with Crippen LogP contribution in [-0.2, 0) is 0 Å². The number of aromatic nitrogens is 3. The molecule has 4 aromatic rings. The number of amides is 1. The van der Waals surface area contributed by atoms with Gasteiger partial charge < -0.3 is 21.7 Å². The predicted molar refractivity (Wildman–Crippen MR) is 142 cm³/mol. The summed E-state index contributed by atoms with van der Waals surface area (Å²) in [5, 5.41) is 10.1. The summed E-state index contributed by atoms with van der Waals surface area (Å²) in [6, 6.07) is 16.0. The zero-order chi connectivity index (χ0) is 24.4. The molecule has 0 aliphatic carbocycles. The molecule has 8 nitrogen and oxygen atoms in total. The van der Waals surface area contributed by atoms with E-state index in [2.05, 4.69) is 39.4 Å². The lowest BCUT2D eigenvalue weighted by Gasteiger charge is -2.34. The van der Waals surface area contributed by atoms with Crippen molar-refractivity contribution in [1.82, 2.24) is 14.8 Å². The zero-order valence-electron chi connectivity index (χ0n) is 19.6. The number of anilines is 3. The van der Waals surface area contributed by atoms with Crippen LogP contribution in [0.2, 0.25) is 0 Å². The van der Waals surface area contributed by atoms with Gasteiger partial charge in [-0.05, 0) is 43.5 Å². The van der Waals surface area contributed by atoms with Crippen LogP contribution in [0.25, 0.3) is 10.6 Å². The minimum Gasteiger partial charge on any atom is -0.399 e. The molecular weight excluding hydrogens is 458 g/mol. The molecule has 0 saturated carbocycles. The molecule has 2 aromatic carbocycles. The number of hydrogen-bond acceptors (Lipinski definition) is 7. The quantitative estimate of drug-likeness (QED) is 0.348. The third-order valence-electron chi connectivity index (χ3n) is 6.33. The van der Waals surface area contributed by atoms with E-state index in [0.717, 1.165) is 42.2 Å². The SMILES string of the molecule is CC(c1ccccc1)n1cc(-c2nc(C(=O)Nc3cc(N)ccc3N3CCC[C@@H](N)C3)cs2)cn1. The number of thiazole rings is 1. The topological polar surface area (TPSA) is 115 Å². The molecule has 5 rings (SSSR count).